The number of rotatable bonds is 6. The summed E-state index contributed by atoms with van der Waals surface area (Å²) in [6.45, 7) is 4.25. The predicted molar refractivity (Wildman–Crippen MR) is 66.2 cm³/mol. The molecule has 0 saturated heterocycles. The molecule has 0 aromatic heterocycles. The van der Waals surface area contributed by atoms with Gasteiger partial charge in [-0.2, -0.15) is 0 Å². The Hall–Kier alpha value is -1.57. The van der Waals surface area contributed by atoms with Gasteiger partial charge in [0.05, 0.1) is 6.04 Å². The minimum atomic E-state index is -1.06. The Balaban J connectivity index is 4.25. The van der Waals surface area contributed by atoms with Crippen LogP contribution in [0, 0.1) is 0 Å². The summed E-state index contributed by atoms with van der Waals surface area (Å²) in [6, 6.07) is -1.57. The predicted octanol–water partition coefficient (Wildman–Crippen LogP) is -0.350. The summed E-state index contributed by atoms with van der Waals surface area (Å²) in [7, 11) is 0. The summed E-state index contributed by atoms with van der Waals surface area (Å²) in [5.74, 6) is -1.36. The number of ether oxygens (including phenoxy) is 1. The molecule has 0 spiro atoms. The number of carbonyl (C=O) groups is 4. The average molecular weight is 276 g/mol. The second kappa shape index (κ2) is 7.70. The van der Waals surface area contributed by atoms with Crippen molar-refractivity contribution in [1.82, 2.24) is 10.6 Å². The van der Waals surface area contributed by atoms with Crippen molar-refractivity contribution in [2.24, 2.45) is 0 Å². The van der Waals surface area contributed by atoms with E-state index < -0.39 is 35.3 Å². The van der Waals surface area contributed by atoms with E-state index in [9.17, 15) is 19.2 Å². The Morgan fingerprint density at radius 1 is 1.17 bits per heavy atom. The Morgan fingerprint density at radius 2 is 1.72 bits per heavy atom. The van der Waals surface area contributed by atoms with Gasteiger partial charge in [-0.3, -0.25) is 9.59 Å². The molecule has 0 aromatic rings. The molecule has 3 atom stereocenters. The largest absolute Gasteiger partial charge is 0.451 e. The molecule has 0 aliphatic heterocycles. The average Bonchev–Trinajstić information content (AvgIpc) is 2.27. The van der Waals surface area contributed by atoms with E-state index in [1.807, 2.05) is 0 Å². The smallest absolute Gasteiger partial charge is 0.329 e. The highest BCUT2D eigenvalue weighted by atomic mass is 32.1. The molecule has 0 saturated carbocycles. The van der Waals surface area contributed by atoms with Gasteiger partial charge in [-0.15, -0.1) is 0 Å². The van der Waals surface area contributed by atoms with E-state index in [1.54, 1.807) is 0 Å². The van der Waals surface area contributed by atoms with Gasteiger partial charge in [0.2, 0.25) is 0 Å². The third-order valence-electron chi connectivity index (χ3n) is 1.93. The molecule has 0 aliphatic rings. The zero-order valence-corrected chi connectivity index (χ0v) is 11.2. The van der Waals surface area contributed by atoms with Crippen LogP contribution in [0.4, 0.5) is 4.79 Å². The molecule has 8 heteroatoms. The van der Waals surface area contributed by atoms with E-state index in [2.05, 4.69) is 23.3 Å². The molecule has 0 aromatic carbocycles. The monoisotopic (exact) mass is 276 g/mol. The molecule has 3 unspecified atom stereocenters. The first-order valence-corrected chi connectivity index (χ1v) is 5.68. The number of carbonyl (C=O) groups excluding carboxylic acids is 4. The molecule has 0 rings (SSSR count). The molecule has 102 valence electrons. The summed E-state index contributed by atoms with van der Waals surface area (Å²) >= 11 is 3.45. The first-order valence-electron chi connectivity index (χ1n) is 5.23. The van der Waals surface area contributed by atoms with Gasteiger partial charge in [0.15, 0.2) is 6.10 Å². The lowest BCUT2D eigenvalue weighted by Gasteiger charge is -2.17. The van der Waals surface area contributed by atoms with Crippen LogP contribution in [-0.4, -0.2) is 41.6 Å². The van der Waals surface area contributed by atoms with Crippen LogP contribution in [-0.2, 0) is 19.1 Å². The number of aldehydes is 1. The lowest BCUT2D eigenvalue weighted by Crippen LogP contribution is -2.44. The maximum absolute atomic E-state index is 11.4. The Labute approximate surface area is 110 Å². The molecule has 0 heterocycles. The van der Waals surface area contributed by atoms with Crippen LogP contribution in [0.5, 0.6) is 0 Å². The topological polar surface area (TPSA) is 102 Å². The number of esters is 1. The van der Waals surface area contributed by atoms with Gasteiger partial charge >= 0.3 is 5.97 Å². The van der Waals surface area contributed by atoms with Crippen molar-refractivity contribution >= 4 is 36.0 Å². The van der Waals surface area contributed by atoms with Gasteiger partial charge in [0.25, 0.3) is 11.1 Å². The second-order valence-electron chi connectivity index (χ2n) is 3.68. The fraction of sp³-hybridized carbons (Fsp3) is 0.600. The lowest BCUT2D eigenvalue weighted by atomic mass is 10.3. The highest BCUT2D eigenvalue weighted by molar-refractivity contribution is 7.96. The van der Waals surface area contributed by atoms with Crippen LogP contribution in [0.1, 0.15) is 20.8 Å². The zero-order valence-electron chi connectivity index (χ0n) is 10.3. The van der Waals surface area contributed by atoms with Crippen molar-refractivity contribution in [3.8, 4) is 0 Å². The quantitative estimate of drug-likeness (QED) is 0.350. The minimum absolute atomic E-state index is 0.552. The van der Waals surface area contributed by atoms with Gasteiger partial charge in [-0.25, -0.2) is 4.79 Å². The highest BCUT2D eigenvalue weighted by Gasteiger charge is 2.23. The normalized spacial score (nSPS) is 14.9. The molecule has 2 amide bonds. The van der Waals surface area contributed by atoms with Crippen molar-refractivity contribution < 1.29 is 23.9 Å². The lowest BCUT2D eigenvalue weighted by molar-refractivity contribution is -0.156. The molecule has 0 radical (unpaired) electrons. The van der Waals surface area contributed by atoms with E-state index in [0.29, 0.717) is 6.29 Å². The maximum Gasteiger partial charge on any atom is 0.329 e. The standard InChI is InChI=1S/C10H16N2O5S/c1-5(4-13)11-8(14)7(3)17-9(15)6(2)12-10(16)18/h4-7H,1-3H3,(H,11,14)(H2,12,16,18). The fourth-order valence-electron chi connectivity index (χ4n) is 0.950. The van der Waals surface area contributed by atoms with E-state index >= 15 is 0 Å². The van der Waals surface area contributed by atoms with Crippen molar-refractivity contribution in [3.05, 3.63) is 0 Å². The van der Waals surface area contributed by atoms with Gasteiger partial charge in [-0.1, -0.05) is 12.6 Å². The summed E-state index contributed by atoms with van der Waals surface area (Å²) < 4.78 is 4.80. The third kappa shape index (κ3) is 6.24. The molecule has 18 heavy (non-hydrogen) atoms. The SMILES string of the molecule is CC(C=O)NC(=O)C(C)OC(=O)C(C)NC(=O)S. The first-order chi connectivity index (χ1) is 8.27. The summed E-state index contributed by atoms with van der Waals surface area (Å²) in [4.78, 5) is 43.8. The van der Waals surface area contributed by atoms with Crippen LogP contribution >= 0.6 is 12.6 Å². The van der Waals surface area contributed by atoms with E-state index in [4.69, 9.17) is 4.74 Å². The van der Waals surface area contributed by atoms with Gasteiger partial charge < -0.3 is 20.2 Å². The summed E-state index contributed by atoms with van der Waals surface area (Å²) in [6.07, 6.45) is -0.505. The minimum Gasteiger partial charge on any atom is -0.451 e. The van der Waals surface area contributed by atoms with Crippen LogP contribution in [0.3, 0.4) is 0 Å². The van der Waals surface area contributed by atoms with Crippen LogP contribution in [0.2, 0.25) is 0 Å². The van der Waals surface area contributed by atoms with Gasteiger partial charge in [-0.05, 0) is 20.8 Å². The van der Waals surface area contributed by atoms with Crippen LogP contribution in [0.15, 0.2) is 0 Å². The van der Waals surface area contributed by atoms with Crippen molar-refractivity contribution in [3.63, 3.8) is 0 Å². The van der Waals surface area contributed by atoms with Gasteiger partial charge in [0.1, 0.15) is 12.3 Å². The molecule has 7 nitrogen and oxygen atoms in total. The van der Waals surface area contributed by atoms with E-state index in [0.717, 1.165) is 0 Å². The van der Waals surface area contributed by atoms with Crippen LogP contribution in [0.25, 0.3) is 0 Å². The zero-order chi connectivity index (χ0) is 14.3. The van der Waals surface area contributed by atoms with Crippen LogP contribution < -0.4 is 10.6 Å². The van der Waals surface area contributed by atoms with Gasteiger partial charge in [0, 0.05) is 0 Å². The summed E-state index contributed by atoms with van der Waals surface area (Å²) in [5, 5.41) is 3.85. The van der Waals surface area contributed by atoms with Crippen molar-refractivity contribution in [1.29, 1.82) is 0 Å². The fourth-order valence-corrected chi connectivity index (χ4v) is 1.14. The molecule has 0 fully saturated rings. The first kappa shape index (κ1) is 16.4. The molecule has 2 N–H and O–H groups in total. The Bertz CT molecular complexity index is 347. The van der Waals surface area contributed by atoms with Crippen molar-refractivity contribution in [2.75, 3.05) is 0 Å². The molecule has 0 bridgehead atoms. The number of nitrogens with one attached hydrogen (secondary N) is 2. The number of hydrogen-bond donors (Lipinski definition) is 3. The Kier molecular flexibility index (Phi) is 7.03. The molecular formula is C10H16N2O5S. The second-order valence-corrected chi connectivity index (χ2v) is 4.09. The van der Waals surface area contributed by atoms with E-state index in [1.165, 1.54) is 20.8 Å². The molecular weight excluding hydrogens is 260 g/mol. The van der Waals surface area contributed by atoms with Crippen molar-refractivity contribution in [2.45, 2.75) is 39.0 Å². The highest BCUT2D eigenvalue weighted by Crippen LogP contribution is 1.97. The summed E-state index contributed by atoms with van der Waals surface area (Å²) in [5.41, 5.74) is 0. The number of hydrogen-bond acceptors (Lipinski definition) is 5. The maximum atomic E-state index is 11.4. The Morgan fingerprint density at radius 3 is 2.17 bits per heavy atom. The third-order valence-corrected chi connectivity index (χ3v) is 2.06. The molecule has 0 aliphatic carbocycles. The number of thiol groups is 1. The number of amides is 2. The van der Waals surface area contributed by atoms with E-state index in [-0.39, 0.29) is 0 Å².